The van der Waals surface area contributed by atoms with Gasteiger partial charge in [-0.3, -0.25) is 14.4 Å². The molecular formula is C12H22N2O5. The highest BCUT2D eigenvalue weighted by Crippen LogP contribution is 2.10. The summed E-state index contributed by atoms with van der Waals surface area (Å²) in [5.41, 5.74) is -0.993. The van der Waals surface area contributed by atoms with Gasteiger partial charge in [-0.05, 0) is 13.3 Å². The number of methoxy groups -OCH3 is 1. The number of hydrogen-bond acceptors (Lipinski definition) is 4. The van der Waals surface area contributed by atoms with Gasteiger partial charge in [0.15, 0.2) is 0 Å². The SMILES string of the molecule is CCCC(=O)NCC(=O)NC(C)(COC)CC(=O)O. The topological polar surface area (TPSA) is 105 Å². The maximum absolute atomic E-state index is 11.6. The van der Waals surface area contributed by atoms with Crippen molar-refractivity contribution in [2.75, 3.05) is 20.3 Å². The van der Waals surface area contributed by atoms with E-state index in [-0.39, 0.29) is 25.5 Å². The average Bonchev–Trinajstić information content (AvgIpc) is 2.25. The molecule has 0 fully saturated rings. The second-order valence-electron chi connectivity index (χ2n) is 4.64. The van der Waals surface area contributed by atoms with E-state index < -0.39 is 17.4 Å². The fourth-order valence-electron chi connectivity index (χ4n) is 1.66. The van der Waals surface area contributed by atoms with E-state index in [0.717, 1.165) is 0 Å². The smallest absolute Gasteiger partial charge is 0.305 e. The Hall–Kier alpha value is -1.63. The van der Waals surface area contributed by atoms with Crippen molar-refractivity contribution in [2.24, 2.45) is 0 Å². The molecule has 110 valence electrons. The number of aliphatic carboxylic acids is 1. The summed E-state index contributed by atoms with van der Waals surface area (Å²) in [7, 11) is 1.43. The summed E-state index contributed by atoms with van der Waals surface area (Å²) in [6.07, 6.45) is 0.807. The van der Waals surface area contributed by atoms with E-state index in [4.69, 9.17) is 9.84 Å². The summed E-state index contributed by atoms with van der Waals surface area (Å²) >= 11 is 0. The summed E-state index contributed by atoms with van der Waals surface area (Å²) in [5.74, 6) is -1.68. The Balaban J connectivity index is 4.31. The number of carboxylic acids is 1. The standard InChI is InChI=1S/C12H22N2O5/c1-4-5-9(15)13-7-10(16)14-12(2,8-19-3)6-11(17)18/h4-8H2,1-3H3,(H,13,15)(H,14,16)(H,17,18). The van der Waals surface area contributed by atoms with Gasteiger partial charge in [0.05, 0.1) is 25.1 Å². The van der Waals surface area contributed by atoms with Gasteiger partial charge in [0.2, 0.25) is 11.8 Å². The molecule has 0 aromatic carbocycles. The lowest BCUT2D eigenvalue weighted by Gasteiger charge is -2.28. The van der Waals surface area contributed by atoms with Crippen LogP contribution in [0.15, 0.2) is 0 Å². The van der Waals surface area contributed by atoms with Gasteiger partial charge < -0.3 is 20.5 Å². The minimum Gasteiger partial charge on any atom is -0.481 e. The lowest BCUT2D eigenvalue weighted by molar-refractivity contribution is -0.140. The number of hydrogen-bond donors (Lipinski definition) is 3. The van der Waals surface area contributed by atoms with Crippen LogP contribution < -0.4 is 10.6 Å². The predicted molar refractivity (Wildman–Crippen MR) is 68.6 cm³/mol. The van der Waals surface area contributed by atoms with Gasteiger partial charge in [0, 0.05) is 13.5 Å². The quantitative estimate of drug-likeness (QED) is 0.544. The van der Waals surface area contributed by atoms with Crippen LogP contribution in [-0.4, -0.2) is 48.7 Å². The van der Waals surface area contributed by atoms with Crippen molar-refractivity contribution < 1.29 is 24.2 Å². The molecule has 1 unspecified atom stereocenters. The molecule has 7 nitrogen and oxygen atoms in total. The van der Waals surface area contributed by atoms with Crippen molar-refractivity contribution >= 4 is 17.8 Å². The summed E-state index contributed by atoms with van der Waals surface area (Å²) in [6.45, 7) is 3.35. The summed E-state index contributed by atoms with van der Waals surface area (Å²) < 4.78 is 4.91. The van der Waals surface area contributed by atoms with Crippen molar-refractivity contribution in [3.05, 3.63) is 0 Å². The Labute approximate surface area is 112 Å². The van der Waals surface area contributed by atoms with Crippen LogP contribution in [-0.2, 0) is 19.1 Å². The van der Waals surface area contributed by atoms with Crippen LogP contribution in [0.4, 0.5) is 0 Å². The van der Waals surface area contributed by atoms with Crippen molar-refractivity contribution in [1.29, 1.82) is 0 Å². The molecule has 0 saturated carbocycles. The van der Waals surface area contributed by atoms with Crippen molar-refractivity contribution in [3.63, 3.8) is 0 Å². The minimum atomic E-state index is -1.03. The van der Waals surface area contributed by atoms with Crippen LogP contribution >= 0.6 is 0 Å². The molecule has 0 aromatic rings. The highest BCUT2D eigenvalue weighted by molar-refractivity contribution is 5.85. The molecule has 0 aliphatic heterocycles. The lowest BCUT2D eigenvalue weighted by Crippen LogP contribution is -2.53. The average molecular weight is 274 g/mol. The zero-order chi connectivity index (χ0) is 14.9. The van der Waals surface area contributed by atoms with E-state index in [2.05, 4.69) is 10.6 Å². The third-order valence-corrected chi connectivity index (χ3v) is 2.37. The zero-order valence-corrected chi connectivity index (χ0v) is 11.6. The van der Waals surface area contributed by atoms with Gasteiger partial charge in [0.25, 0.3) is 0 Å². The first-order chi connectivity index (χ1) is 8.83. The Morgan fingerprint density at radius 1 is 1.26 bits per heavy atom. The third kappa shape index (κ3) is 8.15. The van der Waals surface area contributed by atoms with Crippen molar-refractivity contribution in [3.8, 4) is 0 Å². The molecule has 0 aliphatic rings. The molecule has 0 bridgehead atoms. The maximum atomic E-state index is 11.6. The second kappa shape index (κ2) is 8.47. The summed E-state index contributed by atoms with van der Waals surface area (Å²) in [4.78, 5) is 33.6. The molecule has 3 N–H and O–H groups in total. The maximum Gasteiger partial charge on any atom is 0.305 e. The molecule has 0 rings (SSSR count). The monoisotopic (exact) mass is 274 g/mol. The molecule has 0 spiro atoms. The van der Waals surface area contributed by atoms with Crippen LogP contribution in [0.3, 0.4) is 0 Å². The fraction of sp³-hybridized carbons (Fsp3) is 0.750. The largest absolute Gasteiger partial charge is 0.481 e. The molecule has 1 atom stereocenters. The van der Waals surface area contributed by atoms with Gasteiger partial charge >= 0.3 is 5.97 Å². The van der Waals surface area contributed by atoms with Crippen LogP contribution in [0.2, 0.25) is 0 Å². The first-order valence-corrected chi connectivity index (χ1v) is 6.11. The van der Waals surface area contributed by atoms with Gasteiger partial charge in [-0.15, -0.1) is 0 Å². The van der Waals surface area contributed by atoms with Gasteiger partial charge in [-0.25, -0.2) is 0 Å². The van der Waals surface area contributed by atoms with Gasteiger partial charge in [-0.2, -0.15) is 0 Å². The first kappa shape index (κ1) is 17.4. The molecule has 0 saturated heterocycles. The van der Waals surface area contributed by atoms with Crippen LogP contribution in [0.1, 0.15) is 33.1 Å². The molecule has 0 aliphatic carbocycles. The Kier molecular flexibility index (Phi) is 7.74. The van der Waals surface area contributed by atoms with Crippen LogP contribution in [0.5, 0.6) is 0 Å². The number of rotatable bonds is 9. The Morgan fingerprint density at radius 2 is 1.89 bits per heavy atom. The molecule has 2 amide bonds. The zero-order valence-electron chi connectivity index (χ0n) is 11.6. The third-order valence-electron chi connectivity index (χ3n) is 2.37. The normalized spacial score (nSPS) is 13.4. The van der Waals surface area contributed by atoms with E-state index in [9.17, 15) is 14.4 Å². The van der Waals surface area contributed by atoms with E-state index in [1.54, 1.807) is 6.92 Å². The Morgan fingerprint density at radius 3 is 2.37 bits per heavy atom. The van der Waals surface area contributed by atoms with E-state index in [1.165, 1.54) is 7.11 Å². The number of nitrogens with one attached hydrogen (secondary N) is 2. The van der Waals surface area contributed by atoms with E-state index in [0.29, 0.717) is 12.8 Å². The number of carbonyl (C=O) groups is 3. The van der Waals surface area contributed by atoms with E-state index >= 15 is 0 Å². The van der Waals surface area contributed by atoms with Crippen molar-refractivity contribution in [2.45, 2.75) is 38.6 Å². The highest BCUT2D eigenvalue weighted by atomic mass is 16.5. The number of ether oxygens (including phenoxy) is 1. The van der Waals surface area contributed by atoms with Crippen molar-refractivity contribution in [1.82, 2.24) is 10.6 Å². The number of carbonyl (C=O) groups excluding carboxylic acids is 2. The summed E-state index contributed by atoms with van der Waals surface area (Å²) in [6, 6.07) is 0. The molecule has 0 heterocycles. The predicted octanol–water partition coefficient (Wildman–Crippen LogP) is -0.101. The first-order valence-electron chi connectivity index (χ1n) is 6.11. The molecule has 19 heavy (non-hydrogen) atoms. The molecular weight excluding hydrogens is 252 g/mol. The van der Waals surface area contributed by atoms with Gasteiger partial charge in [-0.1, -0.05) is 6.92 Å². The van der Waals surface area contributed by atoms with Gasteiger partial charge in [0.1, 0.15) is 0 Å². The number of amides is 2. The second-order valence-corrected chi connectivity index (χ2v) is 4.64. The Bertz CT molecular complexity index is 332. The lowest BCUT2D eigenvalue weighted by atomic mass is 9.99. The van der Waals surface area contributed by atoms with Crippen LogP contribution in [0, 0.1) is 0 Å². The molecule has 7 heteroatoms. The summed E-state index contributed by atoms with van der Waals surface area (Å²) in [5, 5.41) is 13.8. The fourth-order valence-corrected chi connectivity index (χ4v) is 1.66. The minimum absolute atomic E-state index is 0.0773. The molecule has 0 aromatic heterocycles. The van der Waals surface area contributed by atoms with Crippen LogP contribution in [0.25, 0.3) is 0 Å². The highest BCUT2D eigenvalue weighted by Gasteiger charge is 2.29. The van der Waals surface area contributed by atoms with E-state index in [1.807, 2.05) is 6.92 Å². The number of carboxylic acid groups (broad SMARTS) is 1. The molecule has 0 radical (unpaired) electrons.